The molecule has 74 valence electrons. The van der Waals surface area contributed by atoms with E-state index in [2.05, 4.69) is 0 Å². The third-order valence-electron chi connectivity index (χ3n) is 2.11. The Balaban J connectivity index is 3.39. The lowest BCUT2D eigenvalue weighted by Crippen LogP contribution is -1.96. The van der Waals surface area contributed by atoms with Gasteiger partial charge in [-0.1, -0.05) is 0 Å². The molecule has 1 rings (SSSR count). The van der Waals surface area contributed by atoms with Crippen LogP contribution in [0.15, 0.2) is 12.1 Å². The molecule has 0 atom stereocenters. The highest BCUT2D eigenvalue weighted by Crippen LogP contribution is 2.17. The molecule has 0 radical (unpaired) electrons. The Morgan fingerprint density at radius 1 is 0.750 bits per heavy atom. The topological polar surface area (TPSA) is 95.2 Å². The van der Waals surface area contributed by atoms with E-state index >= 15 is 0 Å². The van der Waals surface area contributed by atoms with Crippen LogP contribution in [-0.4, -0.2) is 0 Å². The van der Waals surface area contributed by atoms with E-state index in [-0.39, 0.29) is 12.8 Å². The molecule has 0 amide bonds. The fourth-order valence-electron chi connectivity index (χ4n) is 1.36. The van der Waals surface area contributed by atoms with E-state index in [0.717, 1.165) is 0 Å². The first-order chi connectivity index (χ1) is 7.76. The fraction of sp³-hybridized carbons (Fsp3) is 0.167. The number of rotatable bonds is 2. The second-order valence-corrected chi connectivity index (χ2v) is 3.06. The lowest BCUT2D eigenvalue weighted by Gasteiger charge is -2.04. The summed E-state index contributed by atoms with van der Waals surface area (Å²) in [7, 11) is 0. The fourth-order valence-corrected chi connectivity index (χ4v) is 1.36. The first-order valence-corrected chi connectivity index (χ1v) is 4.46. The normalized spacial score (nSPS) is 8.25. The van der Waals surface area contributed by atoms with E-state index in [1.54, 1.807) is 0 Å². The van der Waals surface area contributed by atoms with E-state index in [1.807, 2.05) is 24.3 Å². The van der Waals surface area contributed by atoms with Crippen molar-refractivity contribution in [3.05, 3.63) is 34.4 Å². The van der Waals surface area contributed by atoms with Crippen molar-refractivity contribution in [1.29, 1.82) is 21.0 Å². The average Bonchev–Trinajstić information content (AvgIpc) is 2.31. The molecule has 0 spiro atoms. The van der Waals surface area contributed by atoms with Gasteiger partial charge in [-0.05, 0) is 23.3 Å². The number of hydrogen-bond acceptors (Lipinski definition) is 4. The van der Waals surface area contributed by atoms with Crippen molar-refractivity contribution < 1.29 is 0 Å². The number of nitriles is 4. The zero-order chi connectivity index (χ0) is 12.0. The van der Waals surface area contributed by atoms with Gasteiger partial charge < -0.3 is 0 Å². The van der Waals surface area contributed by atoms with Crippen molar-refractivity contribution in [2.45, 2.75) is 12.8 Å². The summed E-state index contributed by atoms with van der Waals surface area (Å²) in [5.74, 6) is 0. The summed E-state index contributed by atoms with van der Waals surface area (Å²) in [4.78, 5) is 0. The van der Waals surface area contributed by atoms with Crippen LogP contribution in [0.4, 0.5) is 0 Å². The molecule has 4 nitrogen and oxygen atoms in total. The van der Waals surface area contributed by atoms with Crippen LogP contribution < -0.4 is 0 Å². The Bertz CT molecular complexity index is 519. The lowest BCUT2D eigenvalue weighted by atomic mass is 9.96. The summed E-state index contributed by atoms with van der Waals surface area (Å²) in [6.45, 7) is 0. The summed E-state index contributed by atoms with van der Waals surface area (Å²) in [5, 5.41) is 34.9. The molecular weight excluding hydrogens is 200 g/mol. The van der Waals surface area contributed by atoms with Crippen molar-refractivity contribution in [2.24, 2.45) is 0 Å². The Hall–Kier alpha value is -2.82. The summed E-state index contributed by atoms with van der Waals surface area (Å²) < 4.78 is 0. The minimum absolute atomic E-state index is 0.0877. The molecule has 0 aromatic heterocycles. The molecule has 16 heavy (non-hydrogen) atoms. The quantitative estimate of drug-likeness (QED) is 0.733. The van der Waals surface area contributed by atoms with Crippen LogP contribution in [0.1, 0.15) is 22.3 Å². The van der Waals surface area contributed by atoms with Gasteiger partial charge in [-0.15, -0.1) is 0 Å². The first kappa shape index (κ1) is 11.3. The van der Waals surface area contributed by atoms with Crippen LogP contribution in [0.5, 0.6) is 0 Å². The van der Waals surface area contributed by atoms with Gasteiger partial charge >= 0.3 is 0 Å². The third-order valence-corrected chi connectivity index (χ3v) is 2.11. The zero-order valence-corrected chi connectivity index (χ0v) is 8.36. The monoisotopic (exact) mass is 206 g/mol. The molecule has 0 N–H and O–H groups in total. The summed E-state index contributed by atoms with van der Waals surface area (Å²) in [6, 6.07) is 10.8. The Morgan fingerprint density at radius 2 is 1.12 bits per heavy atom. The maximum Gasteiger partial charge on any atom is 0.0995 e. The van der Waals surface area contributed by atoms with Crippen LogP contribution in [0.2, 0.25) is 0 Å². The molecule has 0 unspecified atom stereocenters. The van der Waals surface area contributed by atoms with Crippen molar-refractivity contribution in [3.8, 4) is 24.3 Å². The largest absolute Gasteiger partial charge is 0.198 e. The summed E-state index contributed by atoms with van der Waals surface area (Å²) in [5.41, 5.74) is 1.77. The Kier molecular flexibility index (Phi) is 3.63. The molecule has 4 heteroatoms. The number of benzene rings is 1. The van der Waals surface area contributed by atoms with E-state index in [1.165, 1.54) is 12.1 Å². The second-order valence-electron chi connectivity index (χ2n) is 3.06. The van der Waals surface area contributed by atoms with E-state index < -0.39 is 0 Å². The average molecular weight is 206 g/mol. The van der Waals surface area contributed by atoms with Gasteiger partial charge in [-0.25, -0.2) is 0 Å². The Morgan fingerprint density at radius 3 is 1.38 bits per heavy atom. The molecule has 0 aliphatic carbocycles. The molecule has 0 saturated carbocycles. The minimum atomic E-state index is 0.0877. The van der Waals surface area contributed by atoms with Gasteiger partial charge in [0.1, 0.15) is 0 Å². The lowest BCUT2D eigenvalue weighted by molar-refractivity contribution is 1.18. The van der Waals surface area contributed by atoms with Crippen LogP contribution in [-0.2, 0) is 12.8 Å². The maximum atomic E-state index is 8.88. The smallest absolute Gasteiger partial charge is 0.0995 e. The van der Waals surface area contributed by atoms with Gasteiger partial charge in [0, 0.05) is 0 Å². The molecule has 0 heterocycles. The molecule has 1 aromatic carbocycles. The highest BCUT2D eigenvalue weighted by Gasteiger charge is 2.09. The van der Waals surface area contributed by atoms with Gasteiger partial charge in [-0.2, -0.15) is 21.0 Å². The maximum absolute atomic E-state index is 8.88. The molecular formula is C12H6N4. The van der Waals surface area contributed by atoms with Crippen molar-refractivity contribution in [2.75, 3.05) is 0 Å². The second kappa shape index (κ2) is 5.16. The molecule has 0 bridgehead atoms. The zero-order valence-electron chi connectivity index (χ0n) is 8.36. The van der Waals surface area contributed by atoms with Crippen LogP contribution in [0, 0.1) is 45.3 Å². The van der Waals surface area contributed by atoms with Crippen molar-refractivity contribution in [3.63, 3.8) is 0 Å². The van der Waals surface area contributed by atoms with E-state index in [0.29, 0.717) is 22.3 Å². The van der Waals surface area contributed by atoms with E-state index in [9.17, 15) is 0 Å². The van der Waals surface area contributed by atoms with Gasteiger partial charge in [0.2, 0.25) is 0 Å². The van der Waals surface area contributed by atoms with Crippen LogP contribution >= 0.6 is 0 Å². The highest BCUT2D eigenvalue weighted by atomic mass is 14.3. The number of hydrogen-bond donors (Lipinski definition) is 0. The third kappa shape index (κ3) is 2.16. The molecule has 0 aliphatic rings. The van der Waals surface area contributed by atoms with Gasteiger partial charge in [0.15, 0.2) is 0 Å². The molecule has 0 aliphatic heterocycles. The highest BCUT2D eigenvalue weighted by molar-refractivity contribution is 5.50. The predicted octanol–water partition coefficient (Wildman–Crippen LogP) is 1.56. The summed E-state index contributed by atoms with van der Waals surface area (Å²) >= 11 is 0. The standard InChI is InChI=1S/C12H6N4/c13-3-1-9-5-12(8-16)10(2-4-14)6-11(9)7-15/h5-6H,1-2H2. The van der Waals surface area contributed by atoms with Crippen LogP contribution in [0.25, 0.3) is 0 Å². The summed E-state index contributed by atoms with van der Waals surface area (Å²) in [6.07, 6.45) is 0.175. The van der Waals surface area contributed by atoms with Crippen LogP contribution in [0.3, 0.4) is 0 Å². The van der Waals surface area contributed by atoms with Gasteiger partial charge in [0.05, 0.1) is 48.2 Å². The molecule has 0 saturated heterocycles. The number of nitrogens with zero attached hydrogens (tertiary/aromatic N) is 4. The molecule has 0 fully saturated rings. The SMILES string of the molecule is N#CCc1cc(C#N)c(CC#N)cc1C#N. The predicted molar refractivity (Wildman–Crippen MR) is 54.5 cm³/mol. The minimum Gasteiger partial charge on any atom is -0.198 e. The first-order valence-electron chi connectivity index (χ1n) is 4.46. The Labute approximate surface area is 93.2 Å². The van der Waals surface area contributed by atoms with Gasteiger partial charge in [-0.3, -0.25) is 0 Å². The van der Waals surface area contributed by atoms with E-state index in [4.69, 9.17) is 21.0 Å². The van der Waals surface area contributed by atoms with Gasteiger partial charge in [0.25, 0.3) is 0 Å². The van der Waals surface area contributed by atoms with Crippen molar-refractivity contribution >= 4 is 0 Å². The van der Waals surface area contributed by atoms with Crippen molar-refractivity contribution in [1.82, 2.24) is 0 Å². The molecule has 1 aromatic rings.